The van der Waals surface area contributed by atoms with Crippen molar-refractivity contribution in [3.8, 4) is 17.2 Å². The number of ether oxygens (including phenoxy) is 3. The molecule has 2 aliphatic heterocycles. The van der Waals surface area contributed by atoms with Gasteiger partial charge in [-0.1, -0.05) is 12.1 Å². The second-order valence-corrected chi connectivity index (χ2v) is 7.53. The molecule has 2 unspecified atom stereocenters. The SMILES string of the molecule is CC1(c2ccc(C(F)(F)F)cc2)NC(=O)N(CC(O)COc2ccc3c(c2)OCO3)C1=O. The second kappa shape index (κ2) is 7.90. The fraction of sp³-hybridized carbons (Fsp3) is 0.333. The third-order valence-corrected chi connectivity index (χ3v) is 5.24. The summed E-state index contributed by atoms with van der Waals surface area (Å²) in [7, 11) is 0. The number of fused-ring (bicyclic) bond motifs is 1. The van der Waals surface area contributed by atoms with Crippen molar-refractivity contribution in [1.82, 2.24) is 10.2 Å². The first kappa shape index (κ1) is 21.8. The van der Waals surface area contributed by atoms with Crippen molar-refractivity contribution in [2.45, 2.75) is 24.7 Å². The molecule has 170 valence electrons. The maximum absolute atomic E-state index is 12.9. The lowest BCUT2D eigenvalue weighted by molar-refractivity contribution is -0.137. The lowest BCUT2D eigenvalue weighted by Crippen LogP contribution is -2.42. The first-order valence-electron chi connectivity index (χ1n) is 9.60. The quantitative estimate of drug-likeness (QED) is 0.655. The van der Waals surface area contributed by atoms with Gasteiger partial charge in [0.15, 0.2) is 11.5 Å². The average molecular weight is 452 g/mol. The molecule has 11 heteroatoms. The van der Waals surface area contributed by atoms with E-state index >= 15 is 0 Å². The van der Waals surface area contributed by atoms with Crippen LogP contribution in [0.3, 0.4) is 0 Å². The van der Waals surface area contributed by atoms with Gasteiger partial charge >= 0.3 is 12.2 Å². The monoisotopic (exact) mass is 452 g/mol. The van der Waals surface area contributed by atoms with E-state index in [1.807, 2.05) is 0 Å². The predicted molar refractivity (Wildman–Crippen MR) is 103 cm³/mol. The number of rotatable bonds is 6. The zero-order chi connectivity index (χ0) is 23.1. The summed E-state index contributed by atoms with van der Waals surface area (Å²) in [6.45, 7) is 0.926. The van der Waals surface area contributed by atoms with E-state index in [0.717, 1.165) is 29.2 Å². The molecular weight excluding hydrogens is 433 g/mol. The number of β-amino-alcohol motifs (C(OH)–C–C–N with tert-alkyl or cyclic N) is 1. The Balaban J connectivity index is 1.40. The van der Waals surface area contributed by atoms with Crippen LogP contribution in [0.2, 0.25) is 0 Å². The molecule has 1 saturated heterocycles. The Morgan fingerprint density at radius 1 is 1.16 bits per heavy atom. The highest BCUT2D eigenvalue weighted by molar-refractivity contribution is 6.07. The first-order valence-corrected chi connectivity index (χ1v) is 9.60. The topological polar surface area (TPSA) is 97.3 Å². The van der Waals surface area contributed by atoms with Crippen molar-refractivity contribution < 1.29 is 42.1 Å². The van der Waals surface area contributed by atoms with Gasteiger partial charge < -0.3 is 24.6 Å². The standard InChI is InChI=1S/C21H19F3N2O6/c1-20(12-2-4-13(5-3-12)21(22,23)24)18(28)26(19(29)25-20)9-14(27)10-30-15-6-7-16-17(8-15)32-11-31-16/h2-8,14,27H,9-11H2,1H3,(H,25,29). The van der Waals surface area contributed by atoms with E-state index in [4.69, 9.17) is 14.2 Å². The van der Waals surface area contributed by atoms with Gasteiger partial charge in [-0.2, -0.15) is 13.2 Å². The number of amides is 3. The normalized spacial score (nSPS) is 21.0. The number of benzene rings is 2. The number of carbonyl (C=O) groups excluding carboxylic acids is 2. The number of aliphatic hydroxyl groups is 1. The van der Waals surface area contributed by atoms with E-state index < -0.39 is 35.3 Å². The lowest BCUT2D eigenvalue weighted by atomic mass is 9.91. The van der Waals surface area contributed by atoms with E-state index in [0.29, 0.717) is 17.2 Å². The molecule has 1 fully saturated rings. The Morgan fingerprint density at radius 3 is 2.53 bits per heavy atom. The van der Waals surface area contributed by atoms with E-state index in [2.05, 4.69) is 5.32 Å². The summed E-state index contributed by atoms with van der Waals surface area (Å²) in [6, 6.07) is 8.07. The molecule has 2 heterocycles. The Hall–Kier alpha value is -3.47. The van der Waals surface area contributed by atoms with Crippen molar-refractivity contribution >= 4 is 11.9 Å². The van der Waals surface area contributed by atoms with Crippen LogP contribution in [0, 0.1) is 0 Å². The fourth-order valence-corrected chi connectivity index (χ4v) is 3.47. The highest BCUT2D eigenvalue weighted by Crippen LogP contribution is 2.35. The summed E-state index contributed by atoms with van der Waals surface area (Å²) in [6.07, 6.45) is -5.72. The number of aliphatic hydroxyl groups excluding tert-OH is 1. The maximum atomic E-state index is 12.9. The molecule has 0 aliphatic carbocycles. The van der Waals surface area contributed by atoms with Gasteiger partial charge in [0, 0.05) is 6.07 Å². The number of alkyl halides is 3. The van der Waals surface area contributed by atoms with Gasteiger partial charge in [-0.15, -0.1) is 0 Å². The zero-order valence-electron chi connectivity index (χ0n) is 16.8. The van der Waals surface area contributed by atoms with Crippen LogP contribution in [0.4, 0.5) is 18.0 Å². The van der Waals surface area contributed by atoms with Crippen molar-refractivity contribution in [3.63, 3.8) is 0 Å². The molecule has 2 aromatic rings. The minimum Gasteiger partial charge on any atom is -0.491 e. The summed E-state index contributed by atoms with van der Waals surface area (Å²) in [5.74, 6) is 0.780. The van der Waals surface area contributed by atoms with Crippen LogP contribution in [0.1, 0.15) is 18.1 Å². The van der Waals surface area contributed by atoms with Crippen molar-refractivity contribution in [3.05, 3.63) is 53.6 Å². The molecule has 4 rings (SSSR count). The molecule has 8 nitrogen and oxygen atoms in total. The van der Waals surface area contributed by atoms with Crippen molar-refractivity contribution in [2.24, 2.45) is 0 Å². The van der Waals surface area contributed by atoms with Crippen LogP contribution >= 0.6 is 0 Å². The molecule has 0 radical (unpaired) electrons. The third kappa shape index (κ3) is 4.03. The van der Waals surface area contributed by atoms with Gasteiger partial charge in [0.05, 0.1) is 12.1 Å². The molecule has 3 amide bonds. The number of carbonyl (C=O) groups is 2. The summed E-state index contributed by atoms with van der Waals surface area (Å²) >= 11 is 0. The van der Waals surface area contributed by atoms with Gasteiger partial charge in [-0.3, -0.25) is 9.69 Å². The van der Waals surface area contributed by atoms with E-state index in [1.54, 1.807) is 18.2 Å². The van der Waals surface area contributed by atoms with Gasteiger partial charge in [-0.05, 0) is 36.8 Å². The van der Waals surface area contributed by atoms with Crippen LogP contribution in [-0.2, 0) is 16.5 Å². The Bertz CT molecular complexity index is 1040. The van der Waals surface area contributed by atoms with Crippen molar-refractivity contribution in [1.29, 1.82) is 0 Å². The molecule has 2 atom stereocenters. The summed E-state index contributed by atoms with van der Waals surface area (Å²) < 4.78 is 54.3. The molecule has 32 heavy (non-hydrogen) atoms. The minimum absolute atomic E-state index is 0.102. The van der Waals surface area contributed by atoms with Crippen LogP contribution in [0.15, 0.2) is 42.5 Å². The summed E-state index contributed by atoms with van der Waals surface area (Å²) in [4.78, 5) is 26.1. The average Bonchev–Trinajstić information content (AvgIpc) is 3.30. The van der Waals surface area contributed by atoms with Gasteiger partial charge in [0.25, 0.3) is 5.91 Å². The Labute approximate surface area is 180 Å². The Morgan fingerprint density at radius 2 is 1.84 bits per heavy atom. The smallest absolute Gasteiger partial charge is 0.416 e. The third-order valence-electron chi connectivity index (χ3n) is 5.24. The second-order valence-electron chi connectivity index (χ2n) is 7.53. The molecule has 0 spiro atoms. The molecule has 2 aromatic carbocycles. The highest BCUT2D eigenvalue weighted by atomic mass is 19.4. The minimum atomic E-state index is -4.52. The van der Waals surface area contributed by atoms with Crippen LogP contribution < -0.4 is 19.5 Å². The highest BCUT2D eigenvalue weighted by Gasteiger charge is 2.49. The molecule has 2 N–H and O–H groups in total. The van der Waals surface area contributed by atoms with E-state index in [-0.39, 0.29) is 25.5 Å². The zero-order valence-corrected chi connectivity index (χ0v) is 16.8. The molecule has 0 aromatic heterocycles. The Kier molecular flexibility index (Phi) is 5.37. The largest absolute Gasteiger partial charge is 0.491 e. The van der Waals surface area contributed by atoms with Gasteiger partial charge in [0.2, 0.25) is 6.79 Å². The maximum Gasteiger partial charge on any atom is 0.416 e. The predicted octanol–water partition coefficient (Wildman–Crippen LogP) is 2.64. The van der Waals surface area contributed by atoms with E-state index in [1.165, 1.54) is 6.92 Å². The number of urea groups is 1. The van der Waals surface area contributed by atoms with E-state index in [9.17, 15) is 27.9 Å². The number of nitrogens with zero attached hydrogens (tertiary/aromatic N) is 1. The number of hydrogen-bond donors (Lipinski definition) is 2. The molecule has 0 bridgehead atoms. The summed E-state index contributed by atoms with van der Waals surface area (Å²) in [5, 5.41) is 12.8. The summed E-state index contributed by atoms with van der Waals surface area (Å²) in [5.41, 5.74) is -2.23. The van der Waals surface area contributed by atoms with Crippen molar-refractivity contribution in [2.75, 3.05) is 19.9 Å². The van der Waals surface area contributed by atoms with Crippen LogP contribution in [0.25, 0.3) is 0 Å². The number of nitrogens with one attached hydrogen (secondary N) is 1. The number of hydrogen-bond acceptors (Lipinski definition) is 6. The van der Waals surface area contributed by atoms with Gasteiger partial charge in [0.1, 0.15) is 24.0 Å². The fourth-order valence-electron chi connectivity index (χ4n) is 3.47. The van der Waals surface area contributed by atoms with Gasteiger partial charge in [-0.25, -0.2) is 4.79 Å². The molecular formula is C21H19F3N2O6. The lowest BCUT2D eigenvalue weighted by Gasteiger charge is -2.23. The first-order chi connectivity index (χ1) is 15.1. The molecule has 2 aliphatic rings. The number of imide groups is 1. The molecule has 0 saturated carbocycles. The van der Waals surface area contributed by atoms with Crippen LogP contribution in [-0.4, -0.2) is 48.0 Å². The van der Waals surface area contributed by atoms with Crippen LogP contribution in [0.5, 0.6) is 17.2 Å². The number of halogens is 3.